The molecular formula is C15H21NO3S. The molecule has 1 fully saturated rings. The van der Waals surface area contributed by atoms with Gasteiger partial charge in [0.15, 0.2) is 0 Å². The summed E-state index contributed by atoms with van der Waals surface area (Å²) in [7, 11) is 0. The van der Waals surface area contributed by atoms with Crippen molar-refractivity contribution in [3.8, 4) is 0 Å². The molecule has 0 radical (unpaired) electrons. The van der Waals surface area contributed by atoms with Crippen LogP contribution in [0.15, 0.2) is 6.07 Å². The molecule has 2 rings (SSSR count). The molecule has 1 aliphatic heterocycles. The Balaban J connectivity index is 2.34. The van der Waals surface area contributed by atoms with Crippen molar-refractivity contribution in [2.45, 2.75) is 46.6 Å². The number of aliphatic carboxylic acids is 1. The summed E-state index contributed by atoms with van der Waals surface area (Å²) >= 11 is 1.45. The monoisotopic (exact) mass is 295 g/mol. The molecular weight excluding hydrogens is 274 g/mol. The Morgan fingerprint density at radius 1 is 1.40 bits per heavy atom. The van der Waals surface area contributed by atoms with Crippen LogP contribution in [0, 0.1) is 19.3 Å². The molecule has 0 spiro atoms. The highest BCUT2D eigenvalue weighted by Gasteiger charge is 2.44. The maximum absolute atomic E-state index is 12.6. The van der Waals surface area contributed by atoms with E-state index in [0.29, 0.717) is 11.4 Å². The summed E-state index contributed by atoms with van der Waals surface area (Å²) in [5.41, 5.74) is 0.697. The number of hydrogen-bond acceptors (Lipinski definition) is 3. The van der Waals surface area contributed by atoms with Gasteiger partial charge in [-0.1, -0.05) is 13.8 Å². The minimum atomic E-state index is -0.909. The van der Waals surface area contributed by atoms with Crippen LogP contribution in [0.1, 0.15) is 46.8 Å². The van der Waals surface area contributed by atoms with Crippen molar-refractivity contribution >= 4 is 23.2 Å². The zero-order chi connectivity index (χ0) is 15.1. The fraction of sp³-hybridized carbons (Fsp3) is 0.600. The molecule has 0 aromatic carbocycles. The summed E-state index contributed by atoms with van der Waals surface area (Å²) in [5.74, 6) is -1.06. The zero-order valence-electron chi connectivity index (χ0n) is 12.4. The number of carboxylic acid groups (broad SMARTS) is 1. The highest BCUT2D eigenvalue weighted by atomic mass is 32.1. The molecule has 1 aromatic heterocycles. The third-order valence-corrected chi connectivity index (χ3v) is 5.28. The summed E-state index contributed by atoms with van der Waals surface area (Å²) in [5, 5.41) is 9.51. The molecule has 20 heavy (non-hydrogen) atoms. The predicted molar refractivity (Wildman–Crippen MR) is 79.3 cm³/mol. The van der Waals surface area contributed by atoms with E-state index in [2.05, 4.69) is 0 Å². The number of hydrogen-bond donors (Lipinski definition) is 1. The van der Waals surface area contributed by atoms with Gasteiger partial charge in [0.05, 0.1) is 4.88 Å². The smallest absolute Gasteiger partial charge is 0.326 e. The molecule has 1 N–H and O–H groups in total. The van der Waals surface area contributed by atoms with E-state index >= 15 is 0 Å². The number of carbonyl (C=O) groups excluding carboxylic acids is 1. The summed E-state index contributed by atoms with van der Waals surface area (Å²) in [6, 6.07) is 1.12. The van der Waals surface area contributed by atoms with Gasteiger partial charge in [-0.25, -0.2) is 4.79 Å². The Bertz CT molecular complexity index is 528. The fourth-order valence-electron chi connectivity index (χ4n) is 2.90. The number of rotatable bonds is 2. The largest absolute Gasteiger partial charge is 0.480 e. The summed E-state index contributed by atoms with van der Waals surface area (Å²) in [6.07, 6.45) is 1.68. The molecule has 0 bridgehead atoms. The number of thiophene rings is 1. The number of carbonyl (C=O) groups is 2. The van der Waals surface area contributed by atoms with Gasteiger partial charge in [0.2, 0.25) is 0 Å². The number of piperidine rings is 1. The van der Waals surface area contributed by atoms with Gasteiger partial charge in [0, 0.05) is 11.4 Å². The predicted octanol–water partition coefficient (Wildman–Crippen LogP) is 3.08. The van der Waals surface area contributed by atoms with E-state index in [-0.39, 0.29) is 11.3 Å². The molecule has 1 unspecified atom stereocenters. The molecule has 110 valence electrons. The molecule has 1 atom stereocenters. The fourth-order valence-corrected chi connectivity index (χ4v) is 3.89. The van der Waals surface area contributed by atoms with Crippen LogP contribution in [0.2, 0.25) is 0 Å². The molecule has 4 nitrogen and oxygen atoms in total. The Hall–Kier alpha value is -1.36. The van der Waals surface area contributed by atoms with Gasteiger partial charge in [0.25, 0.3) is 5.91 Å². The lowest BCUT2D eigenvalue weighted by Crippen LogP contribution is -2.56. The van der Waals surface area contributed by atoms with Crippen LogP contribution in [0.5, 0.6) is 0 Å². The van der Waals surface area contributed by atoms with E-state index in [4.69, 9.17) is 0 Å². The minimum absolute atomic E-state index is 0.147. The second-order valence-electron chi connectivity index (χ2n) is 6.18. The van der Waals surface area contributed by atoms with Gasteiger partial charge in [-0.15, -0.1) is 11.3 Å². The average molecular weight is 295 g/mol. The molecule has 1 saturated heterocycles. The van der Waals surface area contributed by atoms with Gasteiger partial charge in [-0.05, 0) is 43.7 Å². The van der Waals surface area contributed by atoms with Crippen LogP contribution < -0.4 is 0 Å². The van der Waals surface area contributed by atoms with Gasteiger partial charge in [0.1, 0.15) is 6.04 Å². The Labute approximate surface area is 123 Å². The lowest BCUT2D eigenvalue weighted by molar-refractivity contribution is -0.148. The standard InChI is InChI=1S/C15H21NO3S/c1-9-8-11(20-10(9)2)13(17)16-7-5-6-15(3,4)12(16)14(18)19/h8,12H,5-7H2,1-4H3,(H,18,19). The van der Waals surface area contributed by atoms with Gasteiger partial charge >= 0.3 is 5.97 Å². The topological polar surface area (TPSA) is 57.6 Å². The molecule has 5 heteroatoms. The van der Waals surface area contributed by atoms with E-state index in [9.17, 15) is 14.7 Å². The maximum Gasteiger partial charge on any atom is 0.326 e. The molecule has 0 saturated carbocycles. The molecule has 1 aromatic rings. The second kappa shape index (κ2) is 5.20. The highest BCUT2D eigenvalue weighted by molar-refractivity contribution is 7.14. The number of aryl methyl sites for hydroxylation is 2. The summed E-state index contributed by atoms with van der Waals surface area (Å²) in [4.78, 5) is 27.5. The Kier molecular flexibility index (Phi) is 3.91. The summed E-state index contributed by atoms with van der Waals surface area (Å²) in [6.45, 7) is 8.32. The van der Waals surface area contributed by atoms with E-state index in [1.54, 1.807) is 0 Å². The first-order valence-corrected chi connectivity index (χ1v) is 7.66. The van der Waals surface area contributed by atoms with Crippen LogP contribution in [0.25, 0.3) is 0 Å². The molecule has 1 aliphatic rings. The Morgan fingerprint density at radius 2 is 2.05 bits per heavy atom. The molecule has 2 heterocycles. The normalized spacial score (nSPS) is 21.8. The van der Waals surface area contributed by atoms with Crippen molar-refractivity contribution < 1.29 is 14.7 Å². The van der Waals surface area contributed by atoms with E-state index in [0.717, 1.165) is 23.3 Å². The third kappa shape index (κ3) is 2.59. The van der Waals surface area contributed by atoms with Crippen molar-refractivity contribution in [3.05, 3.63) is 21.4 Å². The van der Waals surface area contributed by atoms with Crippen molar-refractivity contribution in [2.75, 3.05) is 6.54 Å². The summed E-state index contributed by atoms with van der Waals surface area (Å²) < 4.78 is 0. The lowest BCUT2D eigenvalue weighted by Gasteiger charge is -2.43. The first kappa shape index (κ1) is 15.0. The van der Waals surface area contributed by atoms with Gasteiger partial charge in [-0.3, -0.25) is 4.79 Å². The maximum atomic E-state index is 12.6. The lowest BCUT2D eigenvalue weighted by atomic mass is 9.76. The average Bonchev–Trinajstić information content (AvgIpc) is 2.66. The number of amides is 1. The van der Waals surface area contributed by atoms with E-state index in [1.807, 2.05) is 33.8 Å². The van der Waals surface area contributed by atoms with Crippen molar-refractivity contribution in [2.24, 2.45) is 5.41 Å². The minimum Gasteiger partial charge on any atom is -0.480 e. The van der Waals surface area contributed by atoms with Crippen LogP contribution in [0.3, 0.4) is 0 Å². The highest BCUT2D eigenvalue weighted by Crippen LogP contribution is 2.36. The van der Waals surface area contributed by atoms with Crippen LogP contribution in [-0.2, 0) is 4.79 Å². The number of likely N-dealkylation sites (tertiary alicyclic amines) is 1. The SMILES string of the molecule is Cc1cc(C(=O)N2CCCC(C)(C)C2C(=O)O)sc1C. The van der Waals surface area contributed by atoms with E-state index < -0.39 is 12.0 Å². The zero-order valence-corrected chi connectivity index (χ0v) is 13.2. The van der Waals surface area contributed by atoms with Crippen LogP contribution in [0.4, 0.5) is 0 Å². The van der Waals surface area contributed by atoms with Gasteiger partial charge < -0.3 is 10.0 Å². The first-order chi connectivity index (χ1) is 9.24. The van der Waals surface area contributed by atoms with Crippen LogP contribution in [-0.4, -0.2) is 34.5 Å². The van der Waals surface area contributed by atoms with Crippen molar-refractivity contribution in [1.82, 2.24) is 4.90 Å². The molecule has 1 amide bonds. The first-order valence-electron chi connectivity index (χ1n) is 6.85. The van der Waals surface area contributed by atoms with Crippen molar-refractivity contribution in [3.63, 3.8) is 0 Å². The number of nitrogens with zero attached hydrogens (tertiary/aromatic N) is 1. The second-order valence-corrected chi connectivity index (χ2v) is 7.44. The van der Waals surface area contributed by atoms with Gasteiger partial charge in [-0.2, -0.15) is 0 Å². The van der Waals surface area contributed by atoms with E-state index in [1.165, 1.54) is 16.2 Å². The quantitative estimate of drug-likeness (QED) is 0.912. The molecule has 0 aliphatic carbocycles. The third-order valence-electron chi connectivity index (χ3n) is 4.14. The van der Waals surface area contributed by atoms with Crippen LogP contribution >= 0.6 is 11.3 Å². The number of carboxylic acids is 1. The Morgan fingerprint density at radius 3 is 2.55 bits per heavy atom. The van der Waals surface area contributed by atoms with Crippen molar-refractivity contribution in [1.29, 1.82) is 0 Å².